The van der Waals surface area contributed by atoms with Crippen molar-refractivity contribution in [2.24, 2.45) is 17.6 Å². The summed E-state index contributed by atoms with van der Waals surface area (Å²) in [5.41, 5.74) is 5.68. The van der Waals surface area contributed by atoms with E-state index in [0.29, 0.717) is 5.92 Å². The molecule has 90 valence electrons. The molecule has 1 nitrogen and oxygen atoms in total. The summed E-state index contributed by atoms with van der Waals surface area (Å²) < 4.78 is 36.6. The van der Waals surface area contributed by atoms with Crippen molar-refractivity contribution in [3.63, 3.8) is 0 Å². The van der Waals surface area contributed by atoms with Gasteiger partial charge in [0, 0.05) is 6.04 Å². The Morgan fingerprint density at radius 1 is 1.27 bits per heavy atom. The average molecular weight is 223 g/mol. The molecule has 0 bridgehead atoms. The van der Waals surface area contributed by atoms with E-state index in [9.17, 15) is 13.2 Å². The molecule has 0 aromatic heterocycles. The molecule has 3 atom stereocenters. The molecule has 0 spiro atoms. The van der Waals surface area contributed by atoms with Crippen molar-refractivity contribution in [3.05, 3.63) is 0 Å². The molecule has 1 saturated carbocycles. The maximum Gasteiger partial charge on any atom is 0.390 e. The molecule has 0 aromatic carbocycles. The van der Waals surface area contributed by atoms with Crippen molar-refractivity contribution in [2.75, 3.05) is 0 Å². The van der Waals surface area contributed by atoms with E-state index >= 15 is 0 Å². The van der Waals surface area contributed by atoms with Gasteiger partial charge in [0.2, 0.25) is 0 Å². The summed E-state index contributed by atoms with van der Waals surface area (Å²) in [4.78, 5) is 0. The minimum absolute atomic E-state index is 0.0744. The monoisotopic (exact) mass is 223 g/mol. The van der Waals surface area contributed by atoms with Crippen LogP contribution < -0.4 is 5.73 Å². The van der Waals surface area contributed by atoms with Gasteiger partial charge in [-0.2, -0.15) is 13.2 Å². The molecule has 2 N–H and O–H groups in total. The fraction of sp³-hybridized carbons (Fsp3) is 1.00. The van der Waals surface area contributed by atoms with Gasteiger partial charge in [0.25, 0.3) is 0 Å². The Kier molecular flexibility index (Phi) is 4.44. The fourth-order valence-electron chi connectivity index (χ4n) is 2.73. The highest BCUT2D eigenvalue weighted by molar-refractivity contribution is 4.83. The van der Waals surface area contributed by atoms with Gasteiger partial charge in [-0.25, -0.2) is 0 Å². The molecular formula is C11H20F3N. The zero-order valence-corrected chi connectivity index (χ0v) is 9.19. The summed E-state index contributed by atoms with van der Waals surface area (Å²) in [6.45, 7) is 2.04. The van der Waals surface area contributed by atoms with Gasteiger partial charge in [0.05, 0.1) is 6.42 Å². The standard InChI is InChI=1S/C11H20F3N/c1-2-8-5-3-4-6-9(8)10(15)7-11(12,13)14/h8-10H,2-7,15H2,1H3. The van der Waals surface area contributed by atoms with Crippen molar-refractivity contribution in [1.29, 1.82) is 0 Å². The second kappa shape index (κ2) is 5.19. The molecule has 0 aromatic rings. The molecule has 0 amide bonds. The smallest absolute Gasteiger partial charge is 0.327 e. The lowest BCUT2D eigenvalue weighted by molar-refractivity contribution is -0.142. The lowest BCUT2D eigenvalue weighted by atomic mass is 9.73. The number of halogens is 3. The summed E-state index contributed by atoms with van der Waals surface area (Å²) in [7, 11) is 0. The van der Waals surface area contributed by atoms with Crippen LogP contribution in [0.25, 0.3) is 0 Å². The van der Waals surface area contributed by atoms with Gasteiger partial charge in [-0.05, 0) is 18.3 Å². The first-order valence-electron chi connectivity index (χ1n) is 5.76. The van der Waals surface area contributed by atoms with Crippen LogP contribution in [0.2, 0.25) is 0 Å². The molecule has 0 aliphatic heterocycles. The Labute approximate surface area is 89.2 Å². The fourth-order valence-corrected chi connectivity index (χ4v) is 2.73. The van der Waals surface area contributed by atoms with Crippen molar-refractivity contribution in [2.45, 2.75) is 57.7 Å². The molecular weight excluding hydrogens is 203 g/mol. The first-order chi connectivity index (χ1) is 6.94. The lowest BCUT2D eigenvalue weighted by Crippen LogP contribution is -2.40. The van der Waals surface area contributed by atoms with Gasteiger partial charge >= 0.3 is 6.18 Å². The van der Waals surface area contributed by atoms with Gasteiger partial charge in [-0.3, -0.25) is 0 Å². The Balaban J connectivity index is 2.52. The molecule has 1 aliphatic carbocycles. The van der Waals surface area contributed by atoms with Crippen LogP contribution in [0.4, 0.5) is 13.2 Å². The average Bonchev–Trinajstić information content (AvgIpc) is 2.15. The molecule has 3 unspecified atom stereocenters. The normalized spacial score (nSPS) is 30.2. The first-order valence-corrected chi connectivity index (χ1v) is 5.76. The highest BCUT2D eigenvalue weighted by atomic mass is 19.4. The predicted molar refractivity (Wildman–Crippen MR) is 54.4 cm³/mol. The zero-order chi connectivity index (χ0) is 11.5. The third kappa shape index (κ3) is 4.01. The highest BCUT2D eigenvalue weighted by Gasteiger charge is 2.36. The quantitative estimate of drug-likeness (QED) is 0.778. The van der Waals surface area contributed by atoms with Crippen LogP contribution in [0.1, 0.15) is 45.4 Å². The van der Waals surface area contributed by atoms with Gasteiger partial charge in [-0.15, -0.1) is 0 Å². The van der Waals surface area contributed by atoms with Crippen LogP contribution in [0.5, 0.6) is 0 Å². The number of hydrogen-bond donors (Lipinski definition) is 1. The van der Waals surface area contributed by atoms with Crippen molar-refractivity contribution in [3.8, 4) is 0 Å². The molecule has 0 radical (unpaired) electrons. The molecule has 4 heteroatoms. The van der Waals surface area contributed by atoms with Crippen LogP contribution in [0, 0.1) is 11.8 Å². The van der Waals surface area contributed by atoms with E-state index in [4.69, 9.17) is 5.73 Å². The SMILES string of the molecule is CCC1CCCCC1C(N)CC(F)(F)F. The van der Waals surface area contributed by atoms with Gasteiger partial charge < -0.3 is 5.73 Å². The molecule has 15 heavy (non-hydrogen) atoms. The minimum atomic E-state index is -4.12. The second-order valence-corrected chi connectivity index (χ2v) is 4.60. The van der Waals surface area contributed by atoms with E-state index < -0.39 is 18.6 Å². The third-order valence-electron chi connectivity index (χ3n) is 3.51. The van der Waals surface area contributed by atoms with Gasteiger partial charge in [-0.1, -0.05) is 32.6 Å². The largest absolute Gasteiger partial charge is 0.390 e. The summed E-state index contributed by atoms with van der Waals surface area (Å²) in [5, 5.41) is 0. The molecule has 0 saturated heterocycles. The van der Waals surface area contributed by atoms with E-state index in [2.05, 4.69) is 0 Å². The number of alkyl halides is 3. The van der Waals surface area contributed by atoms with Crippen LogP contribution in [0.15, 0.2) is 0 Å². The van der Waals surface area contributed by atoms with E-state index in [-0.39, 0.29) is 5.92 Å². The Bertz CT molecular complexity index is 191. The van der Waals surface area contributed by atoms with Crippen molar-refractivity contribution >= 4 is 0 Å². The van der Waals surface area contributed by atoms with E-state index in [1.165, 1.54) is 0 Å². The third-order valence-corrected chi connectivity index (χ3v) is 3.51. The number of nitrogens with two attached hydrogens (primary N) is 1. The zero-order valence-electron chi connectivity index (χ0n) is 9.19. The van der Waals surface area contributed by atoms with E-state index in [1.807, 2.05) is 6.92 Å². The van der Waals surface area contributed by atoms with E-state index in [1.54, 1.807) is 0 Å². The van der Waals surface area contributed by atoms with Crippen LogP contribution >= 0.6 is 0 Å². The van der Waals surface area contributed by atoms with E-state index in [0.717, 1.165) is 32.1 Å². The summed E-state index contributed by atoms with van der Waals surface area (Å²) in [5.74, 6) is 0.474. The van der Waals surface area contributed by atoms with Crippen LogP contribution in [-0.2, 0) is 0 Å². The number of hydrogen-bond acceptors (Lipinski definition) is 1. The topological polar surface area (TPSA) is 26.0 Å². The van der Waals surface area contributed by atoms with Gasteiger partial charge in [0.15, 0.2) is 0 Å². The molecule has 1 rings (SSSR count). The Morgan fingerprint density at radius 2 is 1.87 bits per heavy atom. The predicted octanol–water partition coefficient (Wildman–Crippen LogP) is 3.48. The van der Waals surface area contributed by atoms with Crippen molar-refractivity contribution in [1.82, 2.24) is 0 Å². The summed E-state index contributed by atoms with van der Waals surface area (Å²) in [6, 6.07) is -0.699. The highest BCUT2D eigenvalue weighted by Crippen LogP contribution is 2.36. The first kappa shape index (κ1) is 12.8. The summed E-state index contributed by atoms with van der Waals surface area (Å²) in [6.07, 6.45) is 0.114. The van der Waals surface area contributed by atoms with Crippen LogP contribution in [0.3, 0.4) is 0 Å². The second-order valence-electron chi connectivity index (χ2n) is 4.60. The Hall–Kier alpha value is -0.250. The van der Waals surface area contributed by atoms with Crippen molar-refractivity contribution < 1.29 is 13.2 Å². The lowest BCUT2D eigenvalue weighted by Gasteiger charge is -2.35. The van der Waals surface area contributed by atoms with Gasteiger partial charge in [0.1, 0.15) is 0 Å². The van der Waals surface area contributed by atoms with Crippen LogP contribution in [-0.4, -0.2) is 12.2 Å². The Morgan fingerprint density at radius 3 is 2.40 bits per heavy atom. The molecule has 1 fully saturated rings. The maximum atomic E-state index is 12.2. The molecule has 0 heterocycles. The number of rotatable bonds is 3. The maximum absolute atomic E-state index is 12.2. The summed E-state index contributed by atoms with van der Waals surface area (Å²) >= 11 is 0. The minimum Gasteiger partial charge on any atom is -0.327 e. The molecule has 1 aliphatic rings.